The van der Waals surface area contributed by atoms with Gasteiger partial charge in [-0.25, -0.2) is 8.42 Å². The Labute approximate surface area is 138 Å². The number of aromatic nitrogens is 2. The van der Waals surface area contributed by atoms with Crippen LogP contribution < -0.4 is 15.0 Å². The van der Waals surface area contributed by atoms with Crippen LogP contribution in [0.4, 0.5) is 0 Å². The van der Waals surface area contributed by atoms with E-state index in [0.717, 1.165) is 0 Å². The summed E-state index contributed by atoms with van der Waals surface area (Å²) in [5.41, 5.74) is 2.94. The second-order valence-corrected chi connectivity index (χ2v) is 6.72. The summed E-state index contributed by atoms with van der Waals surface area (Å²) >= 11 is 5.82. The molecule has 2 aromatic rings. The number of rotatable bonds is 5. The molecule has 124 valence electrons. The lowest BCUT2D eigenvalue weighted by Gasteiger charge is -2.11. The molecule has 1 aromatic carbocycles. The van der Waals surface area contributed by atoms with Gasteiger partial charge >= 0.3 is 0 Å². The summed E-state index contributed by atoms with van der Waals surface area (Å²) in [4.78, 5) is 14.2. The van der Waals surface area contributed by atoms with Crippen molar-refractivity contribution < 1.29 is 17.9 Å². The summed E-state index contributed by atoms with van der Waals surface area (Å²) in [5, 5.41) is 6.78. The van der Waals surface area contributed by atoms with E-state index in [1.54, 1.807) is 13.8 Å². The zero-order chi connectivity index (χ0) is 17.2. The van der Waals surface area contributed by atoms with E-state index in [1.165, 1.54) is 25.3 Å². The molecular formula is C13H15ClN4O4S. The average Bonchev–Trinajstić information content (AvgIpc) is 2.84. The van der Waals surface area contributed by atoms with Gasteiger partial charge < -0.3 is 4.74 Å². The molecule has 3 N–H and O–H groups in total. The number of nitrogens with zero attached hydrogens (tertiary/aromatic N) is 1. The van der Waals surface area contributed by atoms with Crippen LogP contribution in [0.2, 0.25) is 5.02 Å². The summed E-state index contributed by atoms with van der Waals surface area (Å²) in [6.07, 6.45) is 0. The minimum absolute atomic E-state index is 0.0131. The standard InChI is InChI=1S/C13H15ClN4O4S/c1-7-12(8(2)16-15-7)23(20,21)18-17-13(19)10-5-4-9(14)6-11(10)22-3/h4-6,18H,1-3H3,(H,15,16)(H,17,19). The number of carbonyl (C=O) groups excluding carboxylic acids is 1. The van der Waals surface area contributed by atoms with Gasteiger partial charge in [0, 0.05) is 5.02 Å². The number of nitrogens with one attached hydrogen (secondary N) is 3. The van der Waals surface area contributed by atoms with Gasteiger partial charge in [-0.1, -0.05) is 11.6 Å². The maximum atomic E-state index is 12.2. The number of H-pyrrole nitrogens is 1. The van der Waals surface area contributed by atoms with E-state index < -0.39 is 15.9 Å². The van der Waals surface area contributed by atoms with Crippen LogP contribution in [0.5, 0.6) is 5.75 Å². The number of hydrogen-bond donors (Lipinski definition) is 3. The summed E-state index contributed by atoms with van der Waals surface area (Å²) in [6, 6.07) is 4.38. The molecule has 0 aliphatic rings. The van der Waals surface area contributed by atoms with E-state index in [4.69, 9.17) is 16.3 Å². The van der Waals surface area contributed by atoms with Crippen molar-refractivity contribution in [2.45, 2.75) is 18.7 Å². The zero-order valence-electron chi connectivity index (χ0n) is 12.6. The molecule has 0 bridgehead atoms. The Morgan fingerprint density at radius 3 is 2.61 bits per heavy atom. The number of hydrogen-bond acceptors (Lipinski definition) is 5. The van der Waals surface area contributed by atoms with Crippen molar-refractivity contribution in [3.63, 3.8) is 0 Å². The molecule has 8 nitrogen and oxygen atoms in total. The van der Waals surface area contributed by atoms with Gasteiger partial charge in [0.05, 0.1) is 24.1 Å². The number of carbonyl (C=O) groups is 1. The lowest BCUT2D eigenvalue weighted by Crippen LogP contribution is -2.42. The molecule has 0 saturated carbocycles. The molecule has 1 amide bonds. The Kier molecular flexibility index (Phi) is 4.93. The molecule has 0 fully saturated rings. The third-order valence-electron chi connectivity index (χ3n) is 3.04. The van der Waals surface area contributed by atoms with Gasteiger partial charge in [0.15, 0.2) is 0 Å². The van der Waals surface area contributed by atoms with Crippen molar-refractivity contribution in [3.8, 4) is 5.75 Å². The smallest absolute Gasteiger partial charge is 0.270 e. The first-order valence-corrected chi connectivity index (χ1v) is 8.29. The quantitative estimate of drug-likeness (QED) is 0.697. The molecule has 10 heteroatoms. The number of aromatic amines is 1. The molecule has 1 heterocycles. The van der Waals surface area contributed by atoms with Crippen LogP contribution in [0.25, 0.3) is 0 Å². The monoisotopic (exact) mass is 358 g/mol. The minimum atomic E-state index is -3.95. The molecule has 1 aromatic heterocycles. The fourth-order valence-electron chi connectivity index (χ4n) is 2.02. The number of aryl methyl sites for hydroxylation is 2. The Bertz CT molecular complexity index is 828. The summed E-state index contributed by atoms with van der Waals surface area (Å²) in [7, 11) is -2.57. The van der Waals surface area contributed by atoms with Crippen LogP contribution in [0.1, 0.15) is 21.7 Å². The topological polar surface area (TPSA) is 113 Å². The maximum absolute atomic E-state index is 12.2. The van der Waals surface area contributed by atoms with Gasteiger partial charge in [0.1, 0.15) is 10.6 Å². The van der Waals surface area contributed by atoms with Crippen LogP contribution in [-0.4, -0.2) is 31.6 Å². The van der Waals surface area contributed by atoms with E-state index in [-0.39, 0.29) is 16.2 Å². The molecule has 0 spiro atoms. The van der Waals surface area contributed by atoms with Crippen molar-refractivity contribution in [2.24, 2.45) is 0 Å². The third-order valence-corrected chi connectivity index (χ3v) is 4.78. The van der Waals surface area contributed by atoms with Crippen molar-refractivity contribution in [3.05, 3.63) is 40.2 Å². The number of hydrazine groups is 1. The summed E-state index contributed by atoms with van der Waals surface area (Å²) in [6.45, 7) is 3.11. The van der Waals surface area contributed by atoms with Gasteiger partial charge in [0.25, 0.3) is 15.9 Å². The second kappa shape index (κ2) is 6.57. The Morgan fingerprint density at radius 2 is 2.04 bits per heavy atom. The first-order chi connectivity index (χ1) is 10.8. The van der Waals surface area contributed by atoms with Crippen LogP contribution >= 0.6 is 11.6 Å². The van der Waals surface area contributed by atoms with E-state index in [2.05, 4.69) is 15.6 Å². The molecule has 0 atom stereocenters. The molecule has 0 unspecified atom stereocenters. The highest BCUT2D eigenvalue weighted by Crippen LogP contribution is 2.23. The summed E-state index contributed by atoms with van der Waals surface area (Å²) in [5.74, 6) is -0.453. The lowest BCUT2D eigenvalue weighted by atomic mass is 10.2. The van der Waals surface area contributed by atoms with Gasteiger partial charge in [-0.2, -0.15) is 5.10 Å². The van der Waals surface area contributed by atoms with Gasteiger partial charge in [-0.3, -0.25) is 15.3 Å². The lowest BCUT2D eigenvalue weighted by molar-refractivity contribution is 0.0942. The van der Waals surface area contributed by atoms with Crippen LogP contribution in [0, 0.1) is 13.8 Å². The van der Waals surface area contributed by atoms with Crippen LogP contribution in [0.3, 0.4) is 0 Å². The Morgan fingerprint density at radius 1 is 1.35 bits per heavy atom. The molecule has 0 saturated heterocycles. The highest BCUT2D eigenvalue weighted by Gasteiger charge is 2.23. The Balaban J connectivity index is 2.19. The van der Waals surface area contributed by atoms with E-state index in [1.807, 2.05) is 4.83 Å². The summed E-state index contributed by atoms with van der Waals surface area (Å²) < 4.78 is 29.5. The first kappa shape index (κ1) is 17.3. The Hall–Kier alpha value is -2.10. The molecule has 23 heavy (non-hydrogen) atoms. The fourth-order valence-corrected chi connectivity index (χ4v) is 3.40. The number of halogens is 1. The predicted molar refractivity (Wildman–Crippen MR) is 83.9 cm³/mol. The first-order valence-electron chi connectivity index (χ1n) is 6.43. The normalized spacial score (nSPS) is 11.3. The van der Waals surface area contributed by atoms with Crippen LogP contribution in [-0.2, 0) is 10.0 Å². The van der Waals surface area contributed by atoms with Crippen LogP contribution in [0.15, 0.2) is 23.1 Å². The van der Waals surface area contributed by atoms with Gasteiger partial charge in [-0.05, 0) is 32.0 Å². The molecular weight excluding hydrogens is 344 g/mol. The highest BCUT2D eigenvalue weighted by molar-refractivity contribution is 7.89. The largest absolute Gasteiger partial charge is 0.496 e. The SMILES string of the molecule is COc1cc(Cl)ccc1C(=O)NNS(=O)(=O)c1c(C)n[nH]c1C. The highest BCUT2D eigenvalue weighted by atomic mass is 35.5. The molecule has 0 radical (unpaired) electrons. The van der Waals surface area contributed by atoms with Crippen molar-refractivity contribution >= 4 is 27.5 Å². The van der Waals surface area contributed by atoms with Crippen molar-refractivity contribution in [2.75, 3.05) is 7.11 Å². The number of ether oxygens (including phenoxy) is 1. The van der Waals surface area contributed by atoms with Gasteiger partial charge in [-0.15, -0.1) is 4.83 Å². The zero-order valence-corrected chi connectivity index (χ0v) is 14.2. The van der Waals surface area contributed by atoms with Crippen molar-refractivity contribution in [1.82, 2.24) is 20.5 Å². The molecule has 0 aliphatic carbocycles. The van der Waals surface area contributed by atoms with E-state index in [9.17, 15) is 13.2 Å². The minimum Gasteiger partial charge on any atom is -0.496 e. The number of methoxy groups -OCH3 is 1. The van der Waals surface area contributed by atoms with E-state index in [0.29, 0.717) is 16.4 Å². The van der Waals surface area contributed by atoms with E-state index >= 15 is 0 Å². The number of benzene rings is 1. The maximum Gasteiger partial charge on any atom is 0.270 e. The molecule has 2 rings (SSSR count). The number of sulfonamides is 1. The van der Waals surface area contributed by atoms with Gasteiger partial charge in [0.2, 0.25) is 0 Å². The fraction of sp³-hybridized carbons (Fsp3) is 0.231. The predicted octanol–water partition coefficient (Wildman–Crippen LogP) is 1.31. The van der Waals surface area contributed by atoms with Crippen molar-refractivity contribution in [1.29, 1.82) is 0 Å². The third kappa shape index (κ3) is 3.63. The number of amides is 1. The average molecular weight is 359 g/mol. The second-order valence-electron chi connectivity index (χ2n) is 4.67. The molecule has 0 aliphatic heterocycles.